The molecular formula is C12H11N2O8P-2. The fraction of sp³-hybridized carbons (Fsp3) is 0. The first kappa shape index (κ1) is 17.0. The van der Waals surface area contributed by atoms with E-state index in [-0.39, 0.29) is 33.3 Å². The zero-order valence-electron chi connectivity index (χ0n) is 11.3. The van der Waals surface area contributed by atoms with Crippen LogP contribution in [0.5, 0.6) is 11.5 Å². The highest BCUT2D eigenvalue weighted by Gasteiger charge is 2.25. The van der Waals surface area contributed by atoms with E-state index in [9.17, 15) is 19.9 Å². The molecule has 124 valence electrons. The van der Waals surface area contributed by atoms with Gasteiger partial charge in [0.25, 0.3) is 0 Å². The molecule has 0 radical (unpaired) electrons. The van der Waals surface area contributed by atoms with Crippen LogP contribution >= 0.6 is 7.82 Å². The van der Waals surface area contributed by atoms with E-state index in [0.717, 1.165) is 0 Å². The largest absolute Gasteiger partial charge is 0.733 e. The maximum absolute atomic E-state index is 11.9. The summed E-state index contributed by atoms with van der Waals surface area (Å²) in [6.45, 7) is 0. The van der Waals surface area contributed by atoms with Crippen molar-refractivity contribution in [2.45, 2.75) is 0 Å². The van der Waals surface area contributed by atoms with Gasteiger partial charge >= 0.3 is 7.82 Å². The molecule has 2 rings (SSSR count). The van der Waals surface area contributed by atoms with Crippen LogP contribution in [0.3, 0.4) is 0 Å². The summed E-state index contributed by atoms with van der Waals surface area (Å²) in [5.41, 5.74) is -0.180. The van der Waals surface area contributed by atoms with Crippen LogP contribution in [0.1, 0.15) is 0 Å². The number of nitrogens with zero attached hydrogens (tertiary/aromatic N) is 2. The third kappa shape index (κ3) is 4.83. The fourth-order valence-corrected chi connectivity index (χ4v) is 2.37. The Morgan fingerprint density at radius 2 is 1.09 bits per heavy atom. The molecule has 0 saturated carbocycles. The molecule has 10 nitrogen and oxygen atoms in total. The standard InChI is InChI=1S/C12H11N2O8P/c15-13(16)9-1-5-11(6-2-9)21-23(19,20)22-12-7-3-10(4-8-12)14(17)18/h1-8,15,17H,(H,19,20)/q-2. The van der Waals surface area contributed by atoms with Crippen molar-refractivity contribution >= 4 is 19.2 Å². The second kappa shape index (κ2) is 6.84. The van der Waals surface area contributed by atoms with Gasteiger partial charge in [-0.25, -0.2) is 4.57 Å². The van der Waals surface area contributed by atoms with E-state index >= 15 is 0 Å². The summed E-state index contributed by atoms with van der Waals surface area (Å²) in [4.78, 5) is 9.65. The monoisotopic (exact) mass is 342 g/mol. The van der Waals surface area contributed by atoms with Crippen molar-refractivity contribution in [1.29, 1.82) is 0 Å². The van der Waals surface area contributed by atoms with Crippen molar-refractivity contribution in [3.8, 4) is 11.5 Å². The third-order valence-corrected chi connectivity index (χ3v) is 3.44. The molecule has 0 heterocycles. The van der Waals surface area contributed by atoms with Crippen molar-refractivity contribution < 1.29 is 28.9 Å². The maximum atomic E-state index is 11.9. The molecule has 0 atom stereocenters. The van der Waals surface area contributed by atoms with Crippen LogP contribution in [0.2, 0.25) is 0 Å². The van der Waals surface area contributed by atoms with E-state index < -0.39 is 7.82 Å². The van der Waals surface area contributed by atoms with E-state index in [0.29, 0.717) is 0 Å². The van der Waals surface area contributed by atoms with Gasteiger partial charge in [-0.15, -0.1) is 0 Å². The van der Waals surface area contributed by atoms with Gasteiger partial charge in [0.05, 0.1) is 11.4 Å². The van der Waals surface area contributed by atoms with E-state index in [1.54, 1.807) is 0 Å². The molecule has 23 heavy (non-hydrogen) atoms. The number of hydrogen-bond donors (Lipinski definition) is 3. The zero-order valence-corrected chi connectivity index (χ0v) is 12.2. The molecule has 0 unspecified atom stereocenters. The first-order valence-electron chi connectivity index (χ1n) is 6.01. The Hall–Kier alpha value is -2.33. The Labute approximate surface area is 130 Å². The van der Waals surface area contributed by atoms with Gasteiger partial charge in [0.15, 0.2) is 0 Å². The summed E-state index contributed by atoms with van der Waals surface area (Å²) in [5, 5.41) is 37.8. The van der Waals surface area contributed by atoms with Crippen LogP contribution in [-0.4, -0.2) is 15.3 Å². The van der Waals surface area contributed by atoms with Gasteiger partial charge in [-0.1, -0.05) is 0 Å². The zero-order chi connectivity index (χ0) is 17.0. The Morgan fingerprint density at radius 3 is 1.35 bits per heavy atom. The van der Waals surface area contributed by atoms with E-state index in [2.05, 4.69) is 0 Å². The van der Waals surface area contributed by atoms with E-state index in [1.165, 1.54) is 48.5 Å². The van der Waals surface area contributed by atoms with Gasteiger partial charge in [0.2, 0.25) is 0 Å². The molecule has 2 aromatic carbocycles. The molecule has 0 aliphatic carbocycles. The Kier molecular flexibility index (Phi) is 5.06. The van der Waals surface area contributed by atoms with Crippen molar-refractivity contribution in [3.05, 3.63) is 58.9 Å². The Balaban J connectivity index is 2.05. The summed E-state index contributed by atoms with van der Waals surface area (Å²) in [6, 6.07) is 9.42. The minimum Gasteiger partial charge on any atom is -0.733 e. The first-order chi connectivity index (χ1) is 10.8. The van der Waals surface area contributed by atoms with Crippen LogP contribution < -0.4 is 19.5 Å². The molecule has 0 spiro atoms. The quantitative estimate of drug-likeness (QED) is 0.528. The van der Waals surface area contributed by atoms with Gasteiger partial charge in [-0.3, -0.25) is 15.3 Å². The van der Waals surface area contributed by atoms with Crippen molar-refractivity contribution in [3.63, 3.8) is 0 Å². The van der Waals surface area contributed by atoms with Crippen LogP contribution in [0.25, 0.3) is 0 Å². The molecule has 0 saturated heterocycles. The molecular weight excluding hydrogens is 331 g/mol. The first-order valence-corrected chi connectivity index (χ1v) is 7.51. The highest BCUT2D eigenvalue weighted by molar-refractivity contribution is 7.48. The topological polar surface area (TPSA) is 149 Å². The Bertz CT molecular complexity index is 632. The summed E-state index contributed by atoms with van der Waals surface area (Å²) in [6.07, 6.45) is 0. The second-order valence-corrected chi connectivity index (χ2v) is 5.49. The number of hydrogen-bond acceptors (Lipinski definition) is 9. The molecule has 2 aromatic rings. The molecule has 0 amide bonds. The lowest BCUT2D eigenvalue weighted by Crippen LogP contribution is -2.07. The van der Waals surface area contributed by atoms with Crippen molar-refractivity contribution in [1.82, 2.24) is 0 Å². The highest BCUT2D eigenvalue weighted by atomic mass is 31.2. The average molecular weight is 342 g/mol. The Morgan fingerprint density at radius 1 is 0.783 bits per heavy atom. The van der Waals surface area contributed by atoms with Crippen LogP contribution in [0, 0.1) is 10.4 Å². The smallest absolute Gasteiger partial charge is 0.584 e. The lowest BCUT2D eigenvalue weighted by Gasteiger charge is -2.22. The number of rotatable bonds is 6. The molecule has 0 aromatic heterocycles. The van der Waals surface area contributed by atoms with Gasteiger partial charge in [-0.05, 0) is 48.5 Å². The van der Waals surface area contributed by atoms with Crippen molar-refractivity contribution in [2.24, 2.45) is 0 Å². The third-order valence-electron chi connectivity index (χ3n) is 2.56. The molecule has 0 fully saturated rings. The van der Waals surface area contributed by atoms with Crippen LogP contribution in [-0.2, 0) is 4.57 Å². The van der Waals surface area contributed by atoms with Crippen LogP contribution in [0.15, 0.2) is 48.5 Å². The van der Waals surface area contributed by atoms with Crippen molar-refractivity contribution in [2.75, 3.05) is 10.5 Å². The minimum atomic E-state index is -4.52. The molecule has 0 bridgehead atoms. The molecule has 0 aliphatic heterocycles. The predicted molar refractivity (Wildman–Crippen MR) is 79.2 cm³/mol. The van der Waals surface area contributed by atoms with Gasteiger partial charge in [-0.2, -0.15) is 0 Å². The SMILES string of the molecule is O=P(O)(Oc1ccc(N([O-])O)cc1)Oc1ccc(N([O-])O)cc1. The fourth-order valence-electron chi connectivity index (χ4n) is 1.55. The number of anilines is 2. The van der Waals surface area contributed by atoms with Gasteiger partial charge in [0.1, 0.15) is 11.5 Å². The van der Waals surface area contributed by atoms with E-state index in [1.807, 2.05) is 0 Å². The maximum Gasteiger partial charge on any atom is 0.584 e. The van der Waals surface area contributed by atoms with Gasteiger partial charge in [0, 0.05) is 0 Å². The number of phosphoric ester groups is 1. The molecule has 0 aliphatic rings. The second-order valence-electron chi connectivity index (χ2n) is 4.18. The summed E-state index contributed by atoms with van der Waals surface area (Å²) in [5.74, 6) is -0.140. The number of benzene rings is 2. The lowest BCUT2D eigenvalue weighted by molar-refractivity contribution is 0.290. The summed E-state index contributed by atoms with van der Waals surface area (Å²) >= 11 is 0. The van der Waals surface area contributed by atoms with Crippen LogP contribution in [0.4, 0.5) is 11.4 Å². The molecule has 3 N–H and O–H groups in total. The normalized spacial score (nSPS) is 11.0. The van der Waals surface area contributed by atoms with Gasteiger partial charge < -0.3 is 29.9 Å². The number of phosphoric acid groups is 1. The predicted octanol–water partition coefficient (Wildman–Crippen LogP) is 2.63. The van der Waals surface area contributed by atoms with E-state index in [4.69, 9.17) is 19.5 Å². The lowest BCUT2D eigenvalue weighted by atomic mass is 10.3. The summed E-state index contributed by atoms with van der Waals surface area (Å²) < 4.78 is 21.4. The average Bonchev–Trinajstić information content (AvgIpc) is 2.47. The molecule has 11 heteroatoms. The minimum absolute atomic E-state index is 0.0702. The summed E-state index contributed by atoms with van der Waals surface area (Å²) in [7, 11) is -4.52. The highest BCUT2D eigenvalue weighted by Crippen LogP contribution is 2.44.